The van der Waals surface area contributed by atoms with Crippen molar-refractivity contribution in [3.63, 3.8) is 0 Å². The molecule has 0 bridgehead atoms. The quantitative estimate of drug-likeness (QED) is 0.834. The van der Waals surface area contributed by atoms with E-state index in [0.29, 0.717) is 5.69 Å². The number of anilines is 1. The van der Waals surface area contributed by atoms with Crippen LogP contribution in [0.3, 0.4) is 0 Å². The molecule has 118 valence electrons. The smallest absolute Gasteiger partial charge is 0.328 e. The highest BCUT2D eigenvalue weighted by molar-refractivity contribution is 7.89. The molecule has 0 aliphatic heterocycles. The molecule has 7 heteroatoms. The van der Waals surface area contributed by atoms with Crippen LogP contribution in [0.2, 0.25) is 0 Å². The van der Waals surface area contributed by atoms with Gasteiger partial charge in [-0.15, -0.1) is 0 Å². The van der Waals surface area contributed by atoms with Gasteiger partial charge in [0.2, 0.25) is 10.0 Å². The van der Waals surface area contributed by atoms with Crippen molar-refractivity contribution in [3.8, 4) is 0 Å². The number of nitrogens with one attached hydrogen (secondary N) is 1. The fraction of sp³-hybridized carbons (Fsp3) is 0.500. The molecule has 6 nitrogen and oxygen atoms in total. The second-order valence-corrected chi connectivity index (χ2v) is 7.35. The van der Waals surface area contributed by atoms with Crippen LogP contribution in [0.5, 0.6) is 0 Å². The van der Waals surface area contributed by atoms with Crippen molar-refractivity contribution in [1.29, 1.82) is 0 Å². The van der Waals surface area contributed by atoms with Crippen LogP contribution < -0.4 is 9.62 Å². The number of hydrogen-bond acceptors (Lipinski definition) is 4. The third-order valence-electron chi connectivity index (χ3n) is 3.27. The highest BCUT2D eigenvalue weighted by Gasteiger charge is 2.34. The van der Waals surface area contributed by atoms with Gasteiger partial charge in [0.25, 0.3) is 0 Å². The predicted molar refractivity (Wildman–Crippen MR) is 82.0 cm³/mol. The lowest BCUT2D eigenvalue weighted by molar-refractivity contribution is -0.142. The standard InChI is InChI=1S/C14H22N2O4S/c1-10(2)15-21(19,20)12-9-7-6-8-11(12)16(5)14(3,4)13(17)18/h6-10,15H,1-5H3,(H,17,18). The molecule has 0 aliphatic rings. The maximum atomic E-state index is 12.4. The summed E-state index contributed by atoms with van der Waals surface area (Å²) in [4.78, 5) is 12.9. The van der Waals surface area contributed by atoms with Gasteiger partial charge in [-0.1, -0.05) is 12.1 Å². The Kier molecular flexibility index (Phi) is 5.01. The van der Waals surface area contributed by atoms with Crippen molar-refractivity contribution in [2.75, 3.05) is 11.9 Å². The van der Waals surface area contributed by atoms with Crippen molar-refractivity contribution in [1.82, 2.24) is 4.72 Å². The normalized spacial score (nSPS) is 12.5. The van der Waals surface area contributed by atoms with Crippen LogP contribution in [-0.4, -0.2) is 38.1 Å². The number of aliphatic carboxylic acids is 1. The summed E-state index contributed by atoms with van der Waals surface area (Å²) < 4.78 is 27.3. The molecule has 1 rings (SSSR count). The average molecular weight is 314 g/mol. The average Bonchev–Trinajstić information content (AvgIpc) is 2.36. The van der Waals surface area contributed by atoms with E-state index in [2.05, 4.69) is 4.72 Å². The van der Waals surface area contributed by atoms with Crippen molar-refractivity contribution >= 4 is 21.7 Å². The SMILES string of the molecule is CC(C)NS(=O)(=O)c1ccccc1N(C)C(C)(C)C(=O)O. The van der Waals surface area contributed by atoms with Gasteiger partial charge < -0.3 is 10.0 Å². The Hall–Kier alpha value is -1.60. The van der Waals surface area contributed by atoms with E-state index in [0.717, 1.165) is 0 Å². The first kappa shape index (κ1) is 17.5. The molecular weight excluding hydrogens is 292 g/mol. The minimum atomic E-state index is -3.71. The number of carboxylic acids is 1. The predicted octanol–water partition coefficient (Wildman–Crippen LogP) is 1.67. The zero-order chi connectivity index (χ0) is 16.4. The number of nitrogens with zero attached hydrogens (tertiary/aromatic N) is 1. The summed E-state index contributed by atoms with van der Waals surface area (Å²) in [5, 5.41) is 9.31. The van der Waals surface area contributed by atoms with E-state index in [1.54, 1.807) is 39.1 Å². The Morgan fingerprint density at radius 2 is 1.81 bits per heavy atom. The lowest BCUT2D eigenvalue weighted by Crippen LogP contribution is -2.48. The molecule has 0 aliphatic carbocycles. The van der Waals surface area contributed by atoms with E-state index in [9.17, 15) is 18.3 Å². The van der Waals surface area contributed by atoms with E-state index in [1.165, 1.54) is 24.8 Å². The van der Waals surface area contributed by atoms with Gasteiger partial charge >= 0.3 is 5.97 Å². The maximum Gasteiger partial charge on any atom is 0.328 e. The van der Waals surface area contributed by atoms with Gasteiger partial charge in [0, 0.05) is 13.1 Å². The summed E-state index contributed by atoms with van der Waals surface area (Å²) in [5.74, 6) is -1.03. The number of likely N-dealkylation sites (N-methyl/N-ethyl adjacent to an activating group) is 1. The summed E-state index contributed by atoms with van der Waals surface area (Å²) >= 11 is 0. The molecule has 1 aromatic rings. The monoisotopic (exact) mass is 314 g/mol. The third-order valence-corrected chi connectivity index (χ3v) is 4.97. The van der Waals surface area contributed by atoms with E-state index < -0.39 is 21.5 Å². The van der Waals surface area contributed by atoms with Crippen LogP contribution in [0.25, 0.3) is 0 Å². The lowest BCUT2D eigenvalue weighted by atomic mass is 10.0. The Labute approximate surface area is 125 Å². The number of carbonyl (C=O) groups is 1. The zero-order valence-corrected chi connectivity index (χ0v) is 13.7. The molecule has 0 aromatic heterocycles. The molecule has 0 heterocycles. The van der Waals surface area contributed by atoms with Gasteiger partial charge in [0.1, 0.15) is 10.4 Å². The lowest BCUT2D eigenvalue weighted by Gasteiger charge is -2.34. The summed E-state index contributed by atoms with van der Waals surface area (Å²) in [6, 6.07) is 6.10. The van der Waals surface area contributed by atoms with Crippen LogP contribution >= 0.6 is 0 Å². The van der Waals surface area contributed by atoms with Crippen molar-refractivity contribution < 1.29 is 18.3 Å². The topological polar surface area (TPSA) is 86.7 Å². The highest BCUT2D eigenvalue weighted by Crippen LogP contribution is 2.29. The Morgan fingerprint density at radius 3 is 2.29 bits per heavy atom. The van der Waals surface area contributed by atoms with E-state index >= 15 is 0 Å². The van der Waals surface area contributed by atoms with Crippen LogP contribution in [0.15, 0.2) is 29.2 Å². The number of benzene rings is 1. The summed E-state index contributed by atoms with van der Waals surface area (Å²) in [5.41, 5.74) is -0.887. The third kappa shape index (κ3) is 3.74. The Bertz CT molecular complexity index is 624. The van der Waals surface area contributed by atoms with Crippen LogP contribution in [0, 0.1) is 0 Å². The van der Waals surface area contributed by atoms with Crippen molar-refractivity contribution in [3.05, 3.63) is 24.3 Å². The minimum Gasteiger partial charge on any atom is -0.480 e. The molecule has 0 unspecified atom stereocenters. The van der Waals surface area contributed by atoms with Crippen molar-refractivity contribution in [2.45, 2.75) is 44.2 Å². The number of hydrogen-bond donors (Lipinski definition) is 2. The first-order chi connectivity index (χ1) is 9.50. The number of sulfonamides is 1. The van der Waals surface area contributed by atoms with Gasteiger partial charge in [0.15, 0.2) is 0 Å². The molecule has 0 radical (unpaired) electrons. The van der Waals surface area contributed by atoms with Gasteiger partial charge in [-0.05, 0) is 39.8 Å². The first-order valence-electron chi connectivity index (χ1n) is 6.58. The highest BCUT2D eigenvalue weighted by atomic mass is 32.2. The largest absolute Gasteiger partial charge is 0.480 e. The molecule has 0 amide bonds. The van der Waals surface area contributed by atoms with Gasteiger partial charge in [-0.2, -0.15) is 0 Å². The second-order valence-electron chi connectivity index (χ2n) is 5.67. The molecule has 0 saturated heterocycles. The number of para-hydroxylation sites is 1. The van der Waals surface area contributed by atoms with Crippen molar-refractivity contribution in [2.24, 2.45) is 0 Å². The molecule has 0 atom stereocenters. The van der Waals surface area contributed by atoms with E-state index in [4.69, 9.17) is 0 Å². The van der Waals surface area contributed by atoms with E-state index in [1.807, 2.05) is 0 Å². The van der Waals surface area contributed by atoms with Gasteiger partial charge in [-0.25, -0.2) is 17.9 Å². The van der Waals surface area contributed by atoms with Crippen LogP contribution in [-0.2, 0) is 14.8 Å². The molecule has 1 aromatic carbocycles. The van der Waals surface area contributed by atoms with Crippen LogP contribution in [0.1, 0.15) is 27.7 Å². The summed E-state index contributed by atoms with van der Waals surface area (Å²) in [6.45, 7) is 6.50. The molecule has 0 saturated carbocycles. The van der Waals surface area contributed by atoms with Gasteiger partial charge in [0.05, 0.1) is 5.69 Å². The molecule has 0 fully saturated rings. The fourth-order valence-electron chi connectivity index (χ4n) is 1.78. The maximum absolute atomic E-state index is 12.4. The second kappa shape index (κ2) is 6.03. The first-order valence-corrected chi connectivity index (χ1v) is 8.07. The molecular formula is C14H22N2O4S. The number of rotatable bonds is 6. The summed E-state index contributed by atoms with van der Waals surface area (Å²) in [7, 11) is -2.14. The minimum absolute atomic E-state index is 0.0653. The number of carboxylic acid groups (broad SMARTS) is 1. The Morgan fingerprint density at radius 1 is 1.29 bits per heavy atom. The molecule has 21 heavy (non-hydrogen) atoms. The molecule has 0 spiro atoms. The fourth-order valence-corrected chi connectivity index (χ4v) is 3.27. The van der Waals surface area contributed by atoms with Gasteiger partial charge in [-0.3, -0.25) is 0 Å². The van der Waals surface area contributed by atoms with E-state index in [-0.39, 0.29) is 10.9 Å². The zero-order valence-electron chi connectivity index (χ0n) is 12.9. The van der Waals surface area contributed by atoms with Crippen LogP contribution in [0.4, 0.5) is 5.69 Å². The summed E-state index contributed by atoms with van der Waals surface area (Å²) in [6.07, 6.45) is 0. The molecule has 2 N–H and O–H groups in total. The Balaban J connectivity index is 3.38.